The summed E-state index contributed by atoms with van der Waals surface area (Å²) in [5.74, 6) is -2.56. The Labute approximate surface area is 312 Å². The molecule has 0 aliphatic carbocycles. The van der Waals surface area contributed by atoms with Gasteiger partial charge in [0.2, 0.25) is 0 Å². The van der Waals surface area contributed by atoms with Gasteiger partial charge in [-0.1, -0.05) is 43.8 Å². The van der Waals surface area contributed by atoms with Gasteiger partial charge < -0.3 is 47.7 Å². The zero-order valence-electron chi connectivity index (χ0n) is 31.9. The van der Waals surface area contributed by atoms with Crippen molar-refractivity contribution < 1.29 is 62.1 Å². The first-order valence-corrected chi connectivity index (χ1v) is 19.2. The molecule has 4 unspecified atom stereocenters. The molecule has 0 radical (unpaired) electrons. The van der Waals surface area contributed by atoms with E-state index in [1.807, 2.05) is 65.0 Å². The highest BCUT2D eigenvalue weighted by Gasteiger charge is 2.53. The van der Waals surface area contributed by atoms with Crippen molar-refractivity contribution in [2.75, 3.05) is 33.0 Å². The van der Waals surface area contributed by atoms with E-state index in [0.29, 0.717) is 26.4 Å². The second kappa shape index (κ2) is 18.8. The van der Waals surface area contributed by atoms with Crippen LogP contribution in [0.5, 0.6) is 0 Å². The molecule has 0 saturated carbocycles. The molecule has 4 saturated heterocycles. The number of aliphatic hydroxyl groups is 1. The minimum atomic E-state index is -0.684. The first-order chi connectivity index (χ1) is 24.6. The Bertz CT molecular complexity index is 1310. The zero-order chi connectivity index (χ0) is 38.2. The fraction of sp³-hybridized carbons (Fsp3) is 0.763. The van der Waals surface area contributed by atoms with E-state index in [1.165, 1.54) is 18.7 Å². The van der Waals surface area contributed by atoms with Gasteiger partial charge in [-0.05, 0) is 65.5 Å². The molecule has 11 atom stereocenters. The SMILES string of the molecule is CCOC(=O)CC1OC([C@H]2COC(C)(C)O2)[C@H](C)[C@H]1C(OC(C)=O)Sc1ccccc1.CCOC(=O)C[C@@H]1OC([C@H]2COC(C)(C)O2)[C@H](C)[C@H]1CO. The van der Waals surface area contributed by atoms with Crippen LogP contribution in [0.25, 0.3) is 0 Å². The molecule has 0 bridgehead atoms. The van der Waals surface area contributed by atoms with Crippen LogP contribution in [0.1, 0.15) is 75.2 Å². The molecule has 13 nitrogen and oxygen atoms in total. The van der Waals surface area contributed by atoms with Gasteiger partial charge in [-0.2, -0.15) is 0 Å². The Hall–Kier alpha value is -2.30. The fourth-order valence-electron chi connectivity index (χ4n) is 7.43. The van der Waals surface area contributed by atoms with Gasteiger partial charge in [-0.15, -0.1) is 0 Å². The maximum absolute atomic E-state index is 12.3. The highest BCUT2D eigenvalue weighted by molar-refractivity contribution is 7.99. The van der Waals surface area contributed by atoms with Crippen LogP contribution >= 0.6 is 11.8 Å². The van der Waals surface area contributed by atoms with Gasteiger partial charge in [0.1, 0.15) is 12.2 Å². The summed E-state index contributed by atoms with van der Waals surface area (Å²) >= 11 is 1.46. The highest BCUT2D eigenvalue weighted by atomic mass is 32.2. The molecule has 1 aromatic rings. The summed E-state index contributed by atoms with van der Waals surface area (Å²) in [4.78, 5) is 36.9. The predicted molar refractivity (Wildman–Crippen MR) is 190 cm³/mol. The van der Waals surface area contributed by atoms with Crippen molar-refractivity contribution in [1.82, 2.24) is 0 Å². The Morgan fingerprint density at radius 3 is 1.79 bits per heavy atom. The van der Waals surface area contributed by atoms with Crippen molar-refractivity contribution in [3.05, 3.63) is 30.3 Å². The van der Waals surface area contributed by atoms with E-state index in [9.17, 15) is 19.5 Å². The second-order valence-electron chi connectivity index (χ2n) is 14.6. The van der Waals surface area contributed by atoms with Crippen LogP contribution < -0.4 is 0 Å². The van der Waals surface area contributed by atoms with Gasteiger partial charge in [-0.3, -0.25) is 14.4 Å². The molecule has 1 aromatic carbocycles. The number of rotatable bonds is 13. The number of hydrogen-bond donors (Lipinski definition) is 1. The third-order valence-electron chi connectivity index (χ3n) is 9.83. The first kappa shape index (κ1) is 42.4. The fourth-order valence-corrected chi connectivity index (χ4v) is 8.77. The Morgan fingerprint density at radius 1 is 0.827 bits per heavy atom. The number of esters is 3. The number of hydrogen-bond acceptors (Lipinski definition) is 14. The lowest BCUT2D eigenvalue weighted by Gasteiger charge is -2.29. The number of carbonyl (C=O) groups excluding carboxylic acids is 3. The normalized spacial score (nSPS) is 33.9. The number of aliphatic hydroxyl groups excluding tert-OH is 1. The number of ether oxygens (including phenoxy) is 9. The third-order valence-corrected chi connectivity index (χ3v) is 11.0. The van der Waals surface area contributed by atoms with E-state index >= 15 is 0 Å². The quantitative estimate of drug-likeness (QED) is 0.126. The first-order valence-electron chi connectivity index (χ1n) is 18.3. The second-order valence-corrected chi connectivity index (χ2v) is 15.8. The lowest BCUT2D eigenvalue weighted by molar-refractivity contribution is -0.161. The van der Waals surface area contributed by atoms with E-state index in [0.717, 1.165) is 4.90 Å². The monoisotopic (exact) mass is 754 g/mol. The largest absolute Gasteiger partial charge is 0.466 e. The molecule has 0 aromatic heterocycles. The lowest BCUT2D eigenvalue weighted by Crippen LogP contribution is -2.37. The Kier molecular flexibility index (Phi) is 15.4. The van der Waals surface area contributed by atoms with Crippen molar-refractivity contribution >= 4 is 29.7 Å². The lowest BCUT2D eigenvalue weighted by atomic mass is 9.86. The van der Waals surface area contributed by atoms with Crippen LogP contribution in [-0.4, -0.2) is 110 Å². The molecule has 4 aliphatic heterocycles. The molecule has 5 rings (SSSR count). The Balaban J connectivity index is 0.000000251. The minimum absolute atomic E-state index is 0.0152. The summed E-state index contributed by atoms with van der Waals surface area (Å²) in [6.07, 6.45) is -1.45. The summed E-state index contributed by atoms with van der Waals surface area (Å²) in [6.45, 7) is 18.0. The Morgan fingerprint density at radius 2 is 1.33 bits per heavy atom. The molecule has 4 heterocycles. The third kappa shape index (κ3) is 11.4. The van der Waals surface area contributed by atoms with Gasteiger partial charge in [-0.25, -0.2) is 0 Å². The molecule has 4 fully saturated rings. The van der Waals surface area contributed by atoms with Crippen LogP contribution in [0, 0.1) is 23.7 Å². The molecule has 52 heavy (non-hydrogen) atoms. The van der Waals surface area contributed by atoms with E-state index < -0.39 is 23.1 Å². The van der Waals surface area contributed by atoms with Crippen LogP contribution in [0.2, 0.25) is 0 Å². The van der Waals surface area contributed by atoms with Crippen molar-refractivity contribution in [3.63, 3.8) is 0 Å². The van der Waals surface area contributed by atoms with Crippen LogP contribution in [-0.2, 0) is 57.0 Å². The number of thioether (sulfide) groups is 1. The predicted octanol–water partition coefficient (Wildman–Crippen LogP) is 4.90. The maximum Gasteiger partial charge on any atom is 0.308 e. The standard InChI is InChI=1S/C23H32O7S.C15H26O6/c1-6-26-19(25)12-17-20(14(2)21(29-17)18-13-27-23(4,5)30-18)22(28-15(3)24)31-16-10-8-7-9-11-16;1-5-18-13(17)6-11-10(7-16)9(2)14(20-11)12-8-19-15(3,4)21-12/h7-11,14,17-18,20-22H,6,12-13H2,1-5H3;9-12,14,16H,5-8H2,1-4H3/t14-,17?,18-,20-,21?,22?;9-,10-,11+,12-,14?/m11/s1. The molecule has 294 valence electrons. The molecule has 0 amide bonds. The summed E-state index contributed by atoms with van der Waals surface area (Å²) in [7, 11) is 0. The summed E-state index contributed by atoms with van der Waals surface area (Å²) in [6, 6.07) is 9.75. The van der Waals surface area contributed by atoms with Crippen LogP contribution in [0.3, 0.4) is 0 Å². The smallest absolute Gasteiger partial charge is 0.308 e. The van der Waals surface area contributed by atoms with E-state index in [2.05, 4.69) is 6.92 Å². The van der Waals surface area contributed by atoms with Gasteiger partial charge in [0.05, 0.1) is 63.7 Å². The van der Waals surface area contributed by atoms with E-state index in [1.54, 1.807) is 13.8 Å². The molecule has 0 spiro atoms. The van der Waals surface area contributed by atoms with Crippen LogP contribution in [0.15, 0.2) is 35.2 Å². The number of benzene rings is 1. The summed E-state index contributed by atoms with van der Waals surface area (Å²) < 4.78 is 51.5. The van der Waals surface area contributed by atoms with Gasteiger partial charge in [0.25, 0.3) is 0 Å². The molecule has 14 heteroatoms. The van der Waals surface area contributed by atoms with E-state index in [-0.39, 0.29) is 91.5 Å². The summed E-state index contributed by atoms with van der Waals surface area (Å²) in [5, 5.41) is 9.61. The maximum atomic E-state index is 12.3. The topological polar surface area (TPSA) is 155 Å². The molecular formula is C38H58O13S. The van der Waals surface area contributed by atoms with Gasteiger partial charge in [0.15, 0.2) is 17.0 Å². The van der Waals surface area contributed by atoms with Crippen molar-refractivity contribution in [3.8, 4) is 0 Å². The van der Waals surface area contributed by atoms with Gasteiger partial charge in [0, 0.05) is 30.3 Å². The molecule has 4 aliphatic rings. The summed E-state index contributed by atoms with van der Waals surface area (Å²) in [5.41, 5.74) is -0.519. The molecular weight excluding hydrogens is 696 g/mol. The average Bonchev–Trinajstić information content (AvgIpc) is 3.80. The van der Waals surface area contributed by atoms with Crippen molar-refractivity contribution in [2.24, 2.45) is 23.7 Å². The van der Waals surface area contributed by atoms with Crippen molar-refractivity contribution in [2.45, 2.75) is 134 Å². The highest BCUT2D eigenvalue weighted by Crippen LogP contribution is 2.46. The zero-order valence-corrected chi connectivity index (χ0v) is 32.8. The number of carbonyl (C=O) groups is 3. The molecule has 1 N–H and O–H groups in total. The van der Waals surface area contributed by atoms with Crippen molar-refractivity contribution in [1.29, 1.82) is 0 Å². The van der Waals surface area contributed by atoms with Crippen LogP contribution in [0.4, 0.5) is 0 Å². The average molecular weight is 755 g/mol. The van der Waals surface area contributed by atoms with E-state index in [4.69, 9.17) is 42.6 Å². The minimum Gasteiger partial charge on any atom is -0.466 e. The van der Waals surface area contributed by atoms with Gasteiger partial charge >= 0.3 is 17.9 Å².